The molecule has 0 aliphatic carbocycles. The van der Waals surface area contributed by atoms with E-state index in [0.717, 1.165) is 32.5 Å². The van der Waals surface area contributed by atoms with Crippen LogP contribution in [-0.4, -0.2) is 48.8 Å². The Morgan fingerprint density at radius 1 is 1.00 bits per heavy atom. The number of phenolic OH excluding ortho intramolecular Hbond substituents is 2. The Balaban J connectivity index is 0.000000141. The average Bonchev–Trinajstić information content (AvgIpc) is 3.22. The van der Waals surface area contributed by atoms with Gasteiger partial charge in [0.1, 0.15) is 23.7 Å². The van der Waals surface area contributed by atoms with Gasteiger partial charge in [-0.05, 0) is 6.07 Å². The quantitative estimate of drug-likeness (QED) is 0.834. The van der Waals surface area contributed by atoms with Crippen molar-refractivity contribution in [3.05, 3.63) is 22.2 Å². The Bertz CT molecular complexity index is 370. The average molecular weight is 309 g/mol. The molecule has 5 nitrogen and oxygen atoms in total. The van der Waals surface area contributed by atoms with E-state index in [4.69, 9.17) is 47.6 Å². The second-order valence-electron chi connectivity index (χ2n) is 4.20. The largest absolute Gasteiger partial charge is 0.506 e. The number of epoxide rings is 2. The first kappa shape index (κ1) is 14.7. The molecule has 106 valence electrons. The Labute approximate surface area is 120 Å². The fraction of sp³-hybridized carbons (Fsp3) is 0.500. The van der Waals surface area contributed by atoms with Crippen molar-refractivity contribution in [3.63, 3.8) is 0 Å². The molecule has 2 aliphatic heterocycles. The minimum Gasteiger partial charge on any atom is -0.506 e. The molecule has 0 spiro atoms. The number of ether oxygens (including phenoxy) is 3. The van der Waals surface area contributed by atoms with Crippen molar-refractivity contribution in [1.82, 2.24) is 0 Å². The normalized spacial score (nSPS) is 23.5. The lowest BCUT2D eigenvalue weighted by molar-refractivity contribution is 0.102. The third kappa shape index (κ3) is 5.42. The molecule has 0 saturated carbocycles. The van der Waals surface area contributed by atoms with Gasteiger partial charge in [-0.3, -0.25) is 0 Å². The first-order valence-corrected chi connectivity index (χ1v) is 6.49. The first-order chi connectivity index (χ1) is 9.06. The van der Waals surface area contributed by atoms with Gasteiger partial charge in [0.15, 0.2) is 0 Å². The van der Waals surface area contributed by atoms with Crippen molar-refractivity contribution in [2.75, 3.05) is 26.4 Å². The fourth-order valence-corrected chi connectivity index (χ4v) is 1.57. The van der Waals surface area contributed by atoms with Gasteiger partial charge in [-0.2, -0.15) is 0 Å². The fourth-order valence-electron chi connectivity index (χ4n) is 1.19. The van der Waals surface area contributed by atoms with Crippen molar-refractivity contribution in [3.8, 4) is 11.5 Å². The van der Waals surface area contributed by atoms with Crippen molar-refractivity contribution in [2.45, 2.75) is 12.2 Å². The smallest absolute Gasteiger partial charge is 0.137 e. The van der Waals surface area contributed by atoms with E-state index in [1.54, 1.807) is 0 Å². The predicted molar refractivity (Wildman–Crippen MR) is 70.1 cm³/mol. The molecule has 7 heteroatoms. The molecule has 2 atom stereocenters. The second-order valence-corrected chi connectivity index (χ2v) is 5.02. The number of rotatable bonds is 4. The van der Waals surface area contributed by atoms with Gasteiger partial charge in [0.2, 0.25) is 0 Å². The standard InChI is InChI=1S/C6H4Cl2O2.C6H10O3/c7-3-1-4(8)6(10)2-5(3)9;1(5-3-8-5)7-2-6-4-9-6/h1-2,9-10H;5-6H,1-4H2. The van der Waals surface area contributed by atoms with E-state index in [2.05, 4.69) is 0 Å². The molecular formula is C12H14Cl2O5. The summed E-state index contributed by atoms with van der Waals surface area (Å²) in [5.41, 5.74) is 0. The van der Waals surface area contributed by atoms with E-state index in [9.17, 15) is 0 Å². The summed E-state index contributed by atoms with van der Waals surface area (Å²) < 4.78 is 15.1. The summed E-state index contributed by atoms with van der Waals surface area (Å²) in [6.45, 7) is 3.26. The summed E-state index contributed by atoms with van der Waals surface area (Å²) in [5, 5.41) is 18.0. The molecule has 0 aromatic heterocycles. The van der Waals surface area contributed by atoms with Crippen LogP contribution in [0.4, 0.5) is 0 Å². The van der Waals surface area contributed by atoms with Gasteiger partial charge in [-0.1, -0.05) is 23.2 Å². The monoisotopic (exact) mass is 308 g/mol. The summed E-state index contributed by atoms with van der Waals surface area (Å²) in [5.74, 6) is -0.355. The topological polar surface area (TPSA) is 74.8 Å². The zero-order valence-corrected chi connectivity index (χ0v) is 11.5. The van der Waals surface area contributed by atoms with Crippen LogP contribution >= 0.6 is 23.2 Å². The van der Waals surface area contributed by atoms with Gasteiger partial charge in [0, 0.05) is 6.07 Å². The molecule has 2 aliphatic rings. The molecule has 0 radical (unpaired) electrons. The lowest BCUT2D eigenvalue weighted by Gasteiger charge is -1.98. The van der Waals surface area contributed by atoms with Gasteiger partial charge in [-0.25, -0.2) is 0 Å². The second kappa shape index (κ2) is 6.63. The Morgan fingerprint density at radius 3 is 1.74 bits per heavy atom. The summed E-state index contributed by atoms with van der Waals surface area (Å²) >= 11 is 10.9. The predicted octanol–water partition coefficient (Wildman–Crippen LogP) is 2.21. The maximum absolute atomic E-state index is 8.87. The van der Waals surface area contributed by atoms with Crippen LogP contribution in [0.3, 0.4) is 0 Å². The van der Waals surface area contributed by atoms with Gasteiger partial charge < -0.3 is 24.4 Å². The zero-order valence-electron chi connectivity index (χ0n) is 10.0. The highest BCUT2D eigenvalue weighted by molar-refractivity contribution is 6.36. The lowest BCUT2D eigenvalue weighted by atomic mass is 10.3. The Hall–Kier alpha value is -0.720. The molecule has 2 saturated heterocycles. The summed E-state index contributed by atoms with van der Waals surface area (Å²) in [6.07, 6.45) is 0.785. The maximum Gasteiger partial charge on any atom is 0.137 e. The molecule has 3 rings (SSSR count). The number of hydrogen-bond donors (Lipinski definition) is 2. The molecule has 2 N–H and O–H groups in total. The molecule has 0 amide bonds. The van der Waals surface area contributed by atoms with E-state index in [1.165, 1.54) is 6.07 Å². The van der Waals surface area contributed by atoms with Crippen LogP contribution in [0.15, 0.2) is 12.1 Å². The van der Waals surface area contributed by atoms with Crippen molar-refractivity contribution in [2.24, 2.45) is 0 Å². The maximum atomic E-state index is 8.87. The molecular weight excluding hydrogens is 295 g/mol. The third-order valence-corrected chi connectivity index (χ3v) is 3.03. The van der Waals surface area contributed by atoms with Gasteiger partial charge >= 0.3 is 0 Å². The zero-order chi connectivity index (χ0) is 13.8. The van der Waals surface area contributed by atoms with Crippen LogP contribution in [0.2, 0.25) is 10.0 Å². The van der Waals surface area contributed by atoms with Gasteiger partial charge in [0.25, 0.3) is 0 Å². The summed E-state index contributed by atoms with van der Waals surface area (Å²) in [7, 11) is 0. The molecule has 1 aromatic carbocycles. The molecule has 2 unspecified atom stereocenters. The van der Waals surface area contributed by atoms with Crippen molar-refractivity contribution < 1.29 is 24.4 Å². The molecule has 1 aromatic rings. The van der Waals surface area contributed by atoms with E-state index < -0.39 is 0 Å². The highest BCUT2D eigenvalue weighted by Gasteiger charge is 2.26. The Morgan fingerprint density at radius 2 is 1.42 bits per heavy atom. The van der Waals surface area contributed by atoms with Crippen LogP contribution < -0.4 is 0 Å². The van der Waals surface area contributed by atoms with E-state index in [1.807, 2.05) is 0 Å². The van der Waals surface area contributed by atoms with E-state index in [-0.39, 0.29) is 21.5 Å². The number of aromatic hydroxyl groups is 2. The third-order valence-electron chi connectivity index (χ3n) is 2.43. The molecule has 2 heterocycles. The van der Waals surface area contributed by atoms with Crippen LogP contribution in [0.1, 0.15) is 0 Å². The van der Waals surface area contributed by atoms with Gasteiger partial charge in [0.05, 0.1) is 36.5 Å². The van der Waals surface area contributed by atoms with Gasteiger partial charge in [-0.15, -0.1) is 0 Å². The Kier molecular flexibility index (Phi) is 5.13. The number of benzene rings is 1. The number of hydrogen-bond acceptors (Lipinski definition) is 5. The van der Waals surface area contributed by atoms with E-state index in [0.29, 0.717) is 12.2 Å². The molecule has 2 fully saturated rings. The minimum atomic E-state index is -0.177. The first-order valence-electron chi connectivity index (χ1n) is 5.74. The van der Waals surface area contributed by atoms with Crippen molar-refractivity contribution >= 4 is 23.2 Å². The summed E-state index contributed by atoms with van der Waals surface area (Å²) in [4.78, 5) is 0. The SMILES string of the molecule is C(OCC1CO1)C1CO1.Oc1cc(O)c(Cl)cc1Cl. The highest BCUT2D eigenvalue weighted by Crippen LogP contribution is 2.33. The number of halogens is 2. The van der Waals surface area contributed by atoms with Crippen LogP contribution in [0, 0.1) is 0 Å². The number of phenols is 2. The molecule has 19 heavy (non-hydrogen) atoms. The molecule has 0 bridgehead atoms. The highest BCUT2D eigenvalue weighted by atomic mass is 35.5. The van der Waals surface area contributed by atoms with Crippen LogP contribution in [0.5, 0.6) is 11.5 Å². The minimum absolute atomic E-state index is 0.128. The van der Waals surface area contributed by atoms with Crippen molar-refractivity contribution in [1.29, 1.82) is 0 Å². The van der Waals surface area contributed by atoms with Crippen LogP contribution in [0.25, 0.3) is 0 Å². The lowest BCUT2D eigenvalue weighted by Crippen LogP contribution is -2.06. The van der Waals surface area contributed by atoms with E-state index >= 15 is 0 Å². The summed E-state index contributed by atoms with van der Waals surface area (Å²) in [6, 6.07) is 2.36. The van der Waals surface area contributed by atoms with Crippen LogP contribution in [-0.2, 0) is 14.2 Å².